The van der Waals surface area contributed by atoms with Gasteiger partial charge in [-0.25, -0.2) is 0 Å². The molecule has 0 saturated carbocycles. The fourth-order valence-electron chi connectivity index (χ4n) is 1.17. The van der Waals surface area contributed by atoms with E-state index < -0.39 is 0 Å². The average molecular weight is 172 g/mol. The molecule has 0 aromatic carbocycles. The number of β-amino-alcohol motifs (C(OH)–C–C–N with tert-alkyl or cyclic N) is 1. The molecule has 1 unspecified atom stereocenters. The summed E-state index contributed by atoms with van der Waals surface area (Å²) in [6, 6.07) is 0. The van der Waals surface area contributed by atoms with Crippen LogP contribution in [0.2, 0.25) is 0 Å². The summed E-state index contributed by atoms with van der Waals surface area (Å²) in [4.78, 5) is 2.00. The van der Waals surface area contributed by atoms with E-state index in [0.29, 0.717) is 6.54 Å². The second-order valence-corrected chi connectivity index (χ2v) is 3.24. The number of aliphatic hydroxyl groups excluding tert-OH is 1. The van der Waals surface area contributed by atoms with Crippen LogP contribution in [0, 0.1) is 0 Å². The highest BCUT2D eigenvalue weighted by Crippen LogP contribution is 2.19. The van der Waals surface area contributed by atoms with Crippen LogP contribution in [-0.4, -0.2) is 39.1 Å². The number of nitrogens with zero attached hydrogens (tertiary/aromatic N) is 4. The summed E-state index contributed by atoms with van der Waals surface area (Å²) in [5.74, 6) is 0. The molecule has 1 fully saturated rings. The number of aliphatic hydroxyl groups is 1. The van der Waals surface area contributed by atoms with E-state index in [9.17, 15) is 5.11 Å². The van der Waals surface area contributed by atoms with Gasteiger partial charge in [0.25, 0.3) is 0 Å². The van der Waals surface area contributed by atoms with Gasteiger partial charge in [0.1, 0.15) is 0 Å². The largest absolute Gasteiger partial charge is 0.391 e. The maximum Gasteiger partial charge on any atom is 0.227 e. The first-order valence-corrected chi connectivity index (χ1v) is 4.21. The molecule has 6 heteroatoms. The van der Waals surface area contributed by atoms with E-state index in [1.807, 2.05) is 4.90 Å². The Morgan fingerprint density at radius 3 is 3.09 bits per heavy atom. The predicted octanol–water partition coefficient (Wildman–Crippen LogP) is -0.496. The standard InChI is InChI=1S/C5H8N4OS/c10-4-1-2-9(3-4)5-6-7-8-11-5/h4,10H,1-3H2. The molecule has 0 radical (unpaired) electrons. The Morgan fingerprint density at radius 2 is 2.55 bits per heavy atom. The number of anilines is 1. The zero-order valence-electron chi connectivity index (χ0n) is 5.84. The van der Waals surface area contributed by atoms with Gasteiger partial charge in [-0.2, -0.15) is 0 Å². The van der Waals surface area contributed by atoms with Gasteiger partial charge in [0.05, 0.1) is 6.10 Å². The molecule has 5 nitrogen and oxygen atoms in total. The van der Waals surface area contributed by atoms with E-state index in [-0.39, 0.29) is 6.10 Å². The molecule has 2 rings (SSSR count). The molecule has 0 aliphatic carbocycles. The lowest BCUT2D eigenvalue weighted by Crippen LogP contribution is -2.20. The lowest BCUT2D eigenvalue weighted by molar-refractivity contribution is 0.198. The van der Waals surface area contributed by atoms with E-state index >= 15 is 0 Å². The van der Waals surface area contributed by atoms with Crippen molar-refractivity contribution in [1.29, 1.82) is 0 Å². The lowest BCUT2D eigenvalue weighted by atomic mass is 10.3. The van der Waals surface area contributed by atoms with Crippen LogP contribution in [-0.2, 0) is 0 Å². The van der Waals surface area contributed by atoms with Crippen LogP contribution in [0.25, 0.3) is 0 Å². The molecular weight excluding hydrogens is 164 g/mol. The molecular formula is C5H8N4OS. The molecule has 1 aromatic heterocycles. The highest BCUT2D eigenvalue weighted by molar-refractivity contribution is 7.09. The molecule has 0 spiro atoms. The average Bonchev–Trinajstić information content (AvgIpc) is 2.55. The molecule has 0 amide bonds. The number of hydrogen-bond acceptors (Lipinski definition) is 6. The molecule has 1 atom stereocenters. The van der Waals surface area contributed by atoms with E-state index in [1.54, 1.807) is 0 Å². The molecule has 2 heterocycles. The lowest BCUT2D eigenvalue weighted by Gasteiger charge is -2.10. The third-order valence-electron chi connectivity index (χ3n) is 1.72. The number of hydrogen-bond donors (Lipinski definition) is 1. The van der Waals surface area contributed by atoms with E-state index in [1.165, 1.54) is 11.5 Å². The second-order valence-electron chi connectivity index (χ2n) is 2.53. The first-order chi connectivity index (χ1) is 5.36. The molecule has 1 aliphatic heterocycles. The molecule has 1 saturated heterocycles. The summed E-state index contributed by atoms with van der Waals surface area (Å²) in [6.07, 6.45) is 0.610. The minimum absolute atomic E-state index is 0.209. The summed E-state index contributed by atoms with van der Waals surface area (Å²) in [5, 5.41) is 17.3. The van der Waals surface area contributed by atoms with Crippen molar-refractivity contribution in [2.45, 2.75) is 12.5 Å². The van der Waals surface area contributed by atoms with Crippen molar-refractivity contribution in [3.05, 3.63) is 0 Å². The second kappa shape index (κ2) is 2.71. The van der Waals surface area contributed by atoms with Gasteiger partial charge in [-0.05, 0) is 11.6 Å². The van der Waals surface area contributed by atoms with E-state index in [0.717, 1.165) is 18.1 Å². The van der Waals surface area contributed by atoms with Gasteiger partial charge in [-0.3, -0.25) is 0 Å². The van der Waals surface area contributed by atoms with E-state index in [4.69, 9.17) is 0 Å². The van der Waals surface area contributed by atoms with Crippen LogP contribution >= 0.6 is 11.5 Å². The van der Waals surface area contributed by atoms with Crippen LogP contribution in [0.3, 0.4) is 0 Å². The van der Waals surface area contributed by atoms with Crippen LogP contribution < -0.4 is 4.90 Å². The Morgan fingerprint density at radius 1 is 1.64 bits per heavy atom. The quantitative estimate of drug-likeness (QED) is 0.619. The number of aromatic nitrogens is 3. The summed E-state index contributed by atoms with van der Waals surface area (Å²) in [7, 11) is 0. The van der Waals surface area contributed by atoms with Crippen LogP contribution in [0.5, 0.6) is 0 Å². The van der Waals surface area contributed by atoms with Crippen LogP contribution in [0.15, 0.2) is 0 Å². The molecule has 1 aliphatic rings. The monoisotopic (exact) mass is 172 g/mol. The van der Waals surface area contributed by atoms with Crippen molar-refractivity contribution in [3.63, 3.8) is 0 Å². The smallest absolute Gasteiger partial charge is 0.227 e. The number of rotatable bonds is 1. The minimum atomic E-state index is -0.209. The fraction of sp³-hybridized carbons (Fsp3) is 0.800. The summed E-state index contributed by atoms with van der Waals surface area (Å²) >= 11 is 1.26. The molecule has 11 heavy (non-hydrogen) atoms. The Labute approximate surface area is 67.8 Å². The summed E-state index contributed by atoms with van der Waals surface area (Å²) in [5.41, 5.74) is 0. The molecule has 60 valence electrons. The third-order valence-corrected chi connectivity index (χ3v) is 2.38. The molecule has 0 bridgehead atoms. The van der Waals surface area contributed by atoms with Crippen molar-refractivity contribution < 1.29 is 5.11 Å². The maximum absolute atomic E-state index is 9.19. The Kier molecular flexibility index (Phi) is 1.71. The summed E-state index contributed by atoms with van der Waals surface area (Å²) < 4.78 is 3.65. The first kappa shape index (κ1) is 6.93. The van der Waals surface area contributed by atoms with Gasteiger partial charge in [0.15, 0.2) is 0 Å². The van der Waals surface area contributed by atoms with Crippen molar-refractivity contribution in [2.24, 2.45) is 0 Å². The minimum Gasteiger partial charge on any atom is -0.391 e. The Balaban J connectivity index is 2.08. The SMILES string of the molecule is OC1CCN(c2nnns2)C1. The highest BCUT2D eigenvalue weighted by atomic mass is 32.1. The predicted molar refractivity (Wildman–Crippen MR) is 40.5 cm³/mol. The fourth-order valence-corrected chi connectivity index (χ4v) is 1.67. The van der Waals surface area contributed by atoms with Gasteiger partial charge >= 0.3 is 0 Å². The van der Waals surface area contributed by atoms with Gasteiger partial charge in [0, 0.05) is 24.6 Å². The highest BCUT2D eigenvalue weighted by Gasteiger charge is 2.22. The zero-order chi connectivity index (χ0) is 7.68. The van der Waals surface area contributed by atoms with Crippen molar-refractivity contribution >= 4 is 16.7 Å². The van der Waals surface area contributed by atoms with E-state index in [2.05, 4.69) is 14.8 Å². The van der Waals surface area contributed by atoms with Crippen molar-refractivity contribution in [1.82, 2.24) is 14.8 Å². The zero-order valence-corrected chi connectivity index (χ0v) is 6.66. The van der Waals surface area contributed by atoms with Gasteiger partial charge in [-0.15, -0.1) is 0 Å². The molecule has 1 N–H and O–H groups in total. The van der Waals surface area contributed by atoms with Crippen LogP contribution in [0.4, 0.5) is 5.13 Å². The van der Waals surface area contributed by atoms with Gasteiger partial charge in [-0.1, -0.05) is 9.59 Å². The first-order valence-electron chi connectivity index (χ1n) is 3.44. The Hall–Kier alpha value is -0.750. The maximum atomic E-state index is 9.19. The molecule has 1 aromatic rings. The van der Waals surface area contributed by atoms with Crippen LogP contribution in [0.1, 0.15) is 6.42 Å². The Bertz CT molecular complexity index is 226. The van der Waals surface area contributed by atoms with Crippen molar-refractivity contribution in [3.8, 4) is 0 Å². The normalized spacial score (nSPS) is 24.5. The topological polar surface area (TPSA) is 62.1 Å². The third kappa shape index (κ3) is 1.31. The van der Waals surface area contributed by atoms with Gasteiger partial charge in [0.2, 0.25) is 5.13 Å². The summed E-state index contributed by atoms with van der Waals surface area (Å²) in [6.45, 7) is 1.52. The van der Waals surface area contributed by atoms with Gasteiger partial charge < -0.3 is 10.0 Å². The van der Waals surface area contributed by atoms with Crippen molar-refractivity contribution in [2.75, 3.05) is 18.0 Å².